The highest BCUT2D eigenvalue weighted by Crippen LogP contribution is 2.50. The van der Waals surface area contributed by atoms with E-state index in [0.29, 0.717) is 40.2 Å². The highest BCUT2D eigenvalue weighted by Gasteiger charge is 2.60. The average molecular weight is 472 g/mol. The van der Waals surface area contributed by atoms with Crippen molar-refractivity contribution in [1.82, 2.24) is 5.32 Å². The Hall–Kier alpha value is -2.77. The maximum Gasteiger partial charge on any atom is 0.250 e. The zero-order valence-electron chi connectivity index (χ0n) is 19.5. The summed E-state index contributed by atoms with van der Waals surface area (Å²) in [5, 5.41) is 9.93. The number of amides is 2. The first-order valence-corrected chi connectivity index (χ1v) is 11.5. The third-order valence-electron chi connectivity index (χ3n) is 6.47. The number of hydrogen-bond donors (Lipinski definition) is 3. The zero-order valence-corrected chi connectivity index (χ0v) is 20.3. The van der Waals surface area contributed by atoms with Crippen LogP contribution in [0.3, 0.4) is 0 Å². The van der Waals surface area contributed by atoms with Gasteiger partial charge >= 0.3 is 0 Å². The summed E-state index contributed by atoms with van der Waals surface area (Å²) in [5.41, 5.74) is 1.52. The predicted molar refractivity (Wildman–Crippen MR) is 129 cm³/mol. The second kappa shape index (κ2) is 8.88. The number of halogens is 1. The van der Waals surface area contributed by atoms with E-state index in [1.165, 1.54) is 0 Å². The first-order valence-electron chi connectivity index (χ1n) is 11.1. The molecule has 0 radical (unpaired) electrons. The lowest BCUT2D eigenvalue weighted by molar-refractivity contribution is -0.130. The van der Waals surface area contributed by atoms with E-state index in [2.05, 4.69) is 29.8 Å². The molecule has 1 saturated heterocycles. The molecule has 0 aromatic heterocycles. The van der Waals surface area contributed by atoms with Gasteiger partial charge in [-0.3, -0.25) is 14.9 Å². The summed E-state index contributed by atoms with van der Waals surface area (Å²) in [7, 11) is 3.10. The fraction of sp³-hybridized carbons (Fsp3) is 0.440. The molecule has 2 aliphatic rings. The molecule has 2 amide bonds. The smallest absolute Gasteiger partial charge is 0.250 e. The summed E-state index contributed by atoms with van der Waals surface area (Å²) in [6.45, 7) is 6.19. The second-order valence-corrected chi connectivity index (χ2v) is 9.65. The van der Waals surface area contributed by atoms with Gasteiger partial charge in [0.15, 0.2) is 0 Å². The molecular weight excluding hydrogens is 442 g/mol. The number of rotatable bonds is 6. The van der Waals surface area contributed by atoms with Gasteiger partial charge in [0.05, 0.1) is 36.5 Å². The van der Waals surface area contributed by atoms with E-state index >= 15 is 0 Å². The SMILES string of the molecule is COc1ccc(OC)c(NC(=O)[C@@H]2C[C@H](CC(C)C)N[C@@]23C(=O)Nc2c(Cl)cc(C)cc23)c1. The molecule has 8 heteroatoms. The van der Waals surface area contributed by atoms with Crippen molar-refractivity contribution in [3.05, 3.63) is 46.5 Å². The van der Waals surface area contributed by atoms with Crippen molar-refractivity contribution in [2.45, 2.75) is 45.2 Å². The molecule has 2 aromatic carbocycles. The molecule has 3 N–H and O–H groups in total. The molecular formula is C25H30ClN3O4. The molecule has 176 valence electrons. The van der Waals surface area contributed by atoms with Crippen molar-refractivity contribution in [3.8, 4) is 11.5 Å². The van der Waals surface area contributed by atoms with Crippen molar-refractivity contribution in [2.24, 2.45) is 11.8 Å². The molecule has 33 heavy (non-hydrogen) atoms. The lowest BCUT2D eigenvalue weighted by Crippen LogP contribution is -2.52. The lowest BCUT2D eigenvalue weighted by atomic mass is 9.79. The standard InChI is InChI=1S/C25H30ClN3O4/c1-13(2)8-15-11-18(23(30)27-20-12-16(32-4)6-7-21(20)33-5)25(29-15)17-9-14(3)10-19(26)22(17)28-24(25)31/h6-7,9-10,12-13,15,18,29H,8,11H2,1-5H3,(H,27,30)(H,28,31)/t15-,18-,25+/m0/s1. The Morgan fingerprint density at radius 1 is 1.24 bits per heavy atom. The van der Waals surface area contributed by atoms with Crippen molar-refractivity contribution in [1.29, 1.82) is 0 Å². The number of aryl methyl sites for hydroxylation is 1. The maximum atomic E-state index is 13.7. The maximum absolute atomic E-state index is 13.7. The Labute approximate surface area is 199 Å². The van der Waals surface area contributed by atoms with E-state index in [-0.39, 0.29) is 17.9 Å². The first kappa shape index (κ1) is 23.4. The molecule has 0 aliphatic carbocycles. The van der Waals surface area contributed by atoms with Crippen LogP contribution in [0.25, 0.3) is 0 Å². The van der Waals surface area contributed by atoms with Crippen LogP contribution < -0.4 is 25.4 Å². The van der Waals surface area contributed by atoms with Gasteiger partial charge in [0, 0.05) is 17.7 Å². The molecule has 2 heterocycles. The Kier molecular flexibility index (Phi) is 6.29. The van der Waals surface area contributed by atoms with Crippen molar-refractivity contribution in [3.63, 3.8) is 0 Å². The number of anilines is 2. The van der Waals surface area contributed by atoms with Crippen LogP contribution in [0.15, 0.2) is 30.3 Å². The molecule has 3 atom stereocenters. The summed E-state index contributed by atoms with van der Waals surface area (Å²) in [6, 6.07) is 8.97. The van der Waals surface area contributed by atoms with Crippen LogP contribution in [0.1, 0.15) is 37.8 Å². The summed E-state index contributed by atoms with van der Waals surface area (Å²) >= 11 is 6.48. The van der Waals surface area contributed by atoms with Crippen LogP contribution in [0.2, 0.25) is 5.02 Å². The molecule has 7 nitrogen and oxygen atoms in total. The number of ether oxygens (including phenoxy) is 2. The fourth-order valence-electron chi connectivity index (χ4n) is 5.11. The van der Waals surface area contributed by atoms with Crippen molar-refractivity contribution in [2.75, 3.05) is 24.9 Å². The minimum absolute atomic E-state index is 0.00365. The normalized spacial score (nSPS) is 23.5. The molecule has 0 unspecified atom stereocenters. The lowest BCUT2D eigenvalue weighted by Gasteiger charge is -2.30. The highest BCUT2D eigenvalue weighted by atomic mass is 35.5. The number of carbonyl (C=O) groups excluding carboxylic acids is 2. The minimum atomic E-state index is -1.19. The molecule has 1 spiro atoms. The monoisotopic (exact) mass is 471 g/mol. The largest absolute Gasteiger partial charge is 0.497 e. The quantitative estimate of drug-likeness (QED) is 0.578. The molecule has 0 saturated carbocycles. The van der Waals surface area contributed by atoms with Crippen LogP contribution in [0.4, 0.5) is 11.4 Å². The number of fused-ring (bicyclic) bond motifs is 2. The summed E-state index contributed by atoms with van der Waals surface area (Å²) in [4.78, 5) is 27.2. The van der Waals surface area contributed by atoms with E-state index in [4.69, 9.17) is 21.1 Å². The van der Waals surface area contributed by atoms with Crippen LogP contribution in [0, 0.1) is 18.8 Å². The van der Waals surface area contributed by atoms with Gasteiger partial charge in [-0.25, -0.2) is 0 Å². The topological polar surface area (TPSA) is 88.7 Å². The van der Waals surface area contributed by atoms with E-state index in [0.717, 1.165) is 17.5 Å². The second-order valence-electron chi connectivity index (χ2n) is 9.25. The zero-order chi connectivity index (χ0) is 23.9. The van der Waals surface area contributed by atoms with Crippen LogP contribution >= 0.6 is 11.6 Å². The Balaban J connectivity index is 1.77. The number of hydrogen-bond acceptors (Lipinski definition) is 5. The summed E-state index contributed by atoms with van der Waals surface area (Å²) in [6.07, 6.45) is 1.37. The highest BCUT2D eigenvalue weighted by molar-refractivity contribution is 6.35. The van der Waals surface area contributed by atoms with Gasteiger partial charge < -0.3 is 20.1 Å². The summed E-state index contributed by atoms with van der Waals surface area (Å²) in [5.74, 6) is 0.351. The van der Waals surface area contributed by atoms with Gasteiger partial charge in [0.2, 0.25) is 11.8 Å². The van der Waals surface area contributed by atoms with Gasteiger partial charge in [-0.05, 0) is 49.4 Å². The molecule has 2 aromatic rings. The van der Waals surface area contributed by atoms with Gasteiger partial charge in [-0.2, -0.15) is 0 Å². The van der Waals surface area contributed by atoms with E-state index < -0.39 is 11.5 Å². The van der Waals surface area contributed by atoms with E-state index in [1.807, 2.05) is 19.1 Å². The number of nitrogens with one attached hydrogen (secondary N) is 3. The summed E-state index contributed by atoms with van der Waals surface area (Å²) < 4.78 is 10.7. The average Bonchev–Trinajstić information content (AvgIpc) is 3.27. The van der Waals surface area contributed by atoms with Crippen molar-refractivity contribution < 1.29 is 19.1 Å². The first-order chi connectivity index (χ1) is 15.7. The molecule has 1 fully saturated rings. The van der Waals surface area contributed by atoms with Crippen LogP contribution in [-0.4, -0.2) is 32.1 Å². The van der Waals surface area contributed by atoms with Gasteiger partial charge in [0.1, 0.15) is 17.0 Å². The fourth-order valence-corrected chi connectivity index (χ4v) is 5.43. The van der Waals surface area contributed by atoms with Gasteiger partial charge in [-0.1, -0.05) is 31.5 Å². The van der Waals surface area contributed by atoms with Gasteiger partial charge in [0.25, 0.3) is 0 Å². The third-order valence-corrected chi connectivity index (χ3v) is 6.77. The Morgan fingerprint density at radius 2 is 2.00 bits per heavy atom. The number of benzene rings is 2. The molecule has 2 aliphatic heterocycles. The van der Waals surface area contributed by atoms with Crippen LogP contribution in [-0.2, 0) is 15.1 Å². The predicted octanol–water partition coefficient (Wildman–Crippen LogP) is 4.48. The van der Waals surface area contributed by atoms with Gasteiger partial charge in [-0.15, -0.1) is 0 Å². The Morgan fingerprint density at radius 3 is 2.67 bits per heavy atom. The van der Waals surface area contributed by atoms with Crippen molar-refractivity contribution >= 4 is 34.8 Å². The molecule has 4 rings (SSSR count). The third kappa shape index (κ3) is 4.04. The molecule has 0 bridgehead atoms. The van der Waals surface area contributed by atoms with E-state index in [9.17, 15) is 9.59 Å². The minimum Gasteiger partial charge on any atom is -0.497 e. The number of carbonyl (C=O) groups is 2. The Bertz CT molecular complexity index is 1100. The van der Waals surface area contributed by atoms with E-state index in [1.54, 1.807) is 32.4 Å². The number of methoxy groups -OCH3 is 2. The van der Waals surface area contributed by atoms with Crippen LogP contribution in [0.5, 0.6) is 11.5 Å².